The minimum absolute atomic E-state index is 0.122. The van der Waals surface area contributed by atoms with E-state index in [1.165, 1.54) is 0 Å². The van der Waals surface area contributed by atoms with Gasteiger partial charge in [-0.25, -0.2) is 0 Å². The molecule has 0 bridgehead atoms. The Hall–Kier alpha value is -3.74. The van der Waals surface area contributed by atoms with Crippen LogP contribution in [-0.4, -0.2) is 4.57 Å². The fourth-order valence-corrected chi connectivity index (χ4v) is 3.37. The molecule has 6 nitrogen and oxygen atoms in total. The van der Waals surface area contributed by atoms with Gasteiger partial charge in [-0.2, -0.15) is 10.5 Å². The molecule has 0 saturated heterocycles. The van der Waals surface area contributed by atoms with Crippen molar-refractivity contribution in [2.24, 2.45) is 0 Å². The van der Waals surface area contributed by atoms with Crippen LogP contribution in [0, 0.1) is 22.7 Å². The summed E-state index contributed by atoms with van der Waals surface area (Å²) in [6, 6.07) is 18.6. The minimum atomic E-state index is -0.122. The normalized spacial score (nSPS) is 15.0. The lowest BCUT2D eigenvalue weighted by molar-refractivity contribution is 0.0778. The van der Waals surface area contributed by atoms with Gasteiger partial charge in [0.05, 0.1) is 35.7 Å². The maximum Gasteiger partial charge on any atom is 0.148 e. The number of fused-ring (bicyclic) bond motifs is 1. The summed E-state index contributed by atoms with van der Waals surface area (Å²) in [7, 11) is 0. The van der Waals surface area contributed by atoms with Gasteiger partial charge >= 0.3 is 0 Å². The van der Waals surface area contributed by atoms with Crippen LogP contribution in [0.25, 0.3) is 5.69 Å². The third-order valence-corrected chi connectivity index (χ3v) is 4.63. The van der Waals surface area contributed by atoms with Gasteiger partial charge in [0.2, 0.25) is 0 Å². The Kier molecular flexibility index (Phi) is 4.04. The highest BCUT2D eigenvalue weighted by Crippen LogP contribution is 2.40. The molecule has 0 saturated carbocycles. The molecule has 6 heteroatoms. The van der Waals surface area contributed by atoms with Crippen molar-refractivity contribution < 1.29 is 9.47 Å². The average molecular weight is 356 g/mol. The molecule has 3 aromatic rings. The number of nitrogen functional groups attached to an aromatic ring is 1. The minimum Gasteiger partial charge on any atom is -0.457 e. The van der Waals surface area contributed by atoms with Crippen molar-refractivity contribution in [3.8, 4) is 29.3 Å². The van der Waals surface area contributed by atoms with Gasteiger partial charge in [-0.3, -0.25) is 0 Å². The van der Waals surface area contributed by atoms with Crippen molar-refractivity contribution in [1.82, 2.24) is 4.57 Å². The van der Waals surface area contributed by atoms with Crippen LogP contribution in [-0.2, 0) is 11.3 Å². The molecule has 27 heavy (non-hydrogen) atoms. The first-order valence-electron chi connectivity index (χ1n) is 8.45. The molecule has 1 unspecified atom stereocenters. The van der Waals surface area contributed by atoms with E-state index in [1.807, 2.05) is 35.8 Å². The molecule has 4 rings (SSSR count). The third kappa shape index (κ3) is 2.79. The molecule has 0 fully saturated rings. The Morgan fingerprint density at radius 1 is 1.11 bits per heavy atom. The zero-order valence-electron chi connectivity index (χ0n) is 14.6. The summed E-state index contributed by atoms with van der Waals surface area (Å²) < 4.78 is 13.3. The van der Waals surface area contributed by atoms with E-state index in [1.54, 1.807) is 24.3 Å². The second-order valence-electron chi connectivity index (χ2n) is 6.26. The lowest BCUT2D eigenvalue weighted by atomic mass is 10.1. The first kappa shape index (κ1) is 16.7. The zero-order valence-corrected chi connectivity index (χ0v) is 14.6. The average Bonchev–Trinajstić information content (AvgIpc) is 3.20. The lowest BCUT2D eigenvalue weighted by Gasteiger charge is -2.11. The molecule has 1 aromatic heterocycles. The number of rotatable bonds is 3. The van der Waals surface area contributed by atoms with Gasteiger partial charge in [0, 0.05) is 11.3 Å². The molecule has 2 N–H and O–H groups in total. The molecule has 0 aliphatic carbocycles. The number of aromatic nitrogens is 1. The van der Waals surface area contributed by atoms with Crippen LogP contribution in [0.4, 0.5) is 5.69 Å². The monoisotopic (exact) mass is 356 g/mol. The van der Waals surface area contributed by atoms with Gasteiger partial charge < -0.3 is 19.8 Å². The van der Waals surface area contributed by atoms with Crippen molar-refractivity contribution >= 4 is 5.69 Å². The quantitative estimate of drug-likeness (QED) is 0.759. The smallest absolute Gasteiger partial charge is 0.148 e. The van der Waals surface area contributed by atoms with Gasteiger partial charge in [0.1, 0.15) is 23.3 Å². The Balaban J connectivity index is 1.68. The van der Waals surface area contributed by atoms with E-state index < -0.39 is 0 Å². The van der Waals surface area contributed by atoms with E-state index >= 15 is 0 Å². The number of nitrogens with zero attached hydrogens (tertiary/aromatic N) is 3. The van der Waals surface area contributed by atoms with Crippen molar-refractivity contribution in [3.05, 3.63) is 71.0 Å². The summed E-state index contributed by atoms with van der Waals surface area (Å²) >= 11 is 0. The van der Waals surface area contributed by atoms with E-state index in [4.69, 9.17) is 20.5 Å². The van der Waals surface area contributed by atoms with E-state index in [2.05, 4.69) is 12.1 Å². The molecule has 0 radical (unpaired) electrons. The van der Waals surface area contributed by atoms with Crippen LogP contribution in [0.5, 0.6) is 11.5 Å². The Labute approximate surface area is 156 Å². The van der Waals surface area contributed by atoms with Gasteiger partial charge in [-0.1, -0.05) is 6.07 Å². The van der Waals surface area contributed by atoms with E-state index in [0.717, 1.165) is 16.9 Å². The van der Waals surface area contributed by atoms with Crippen LogP contribution in [0.15, 0.2) is 48.5 Å². The number of nitriles is 2. The van der Waals surface area contributed by atoms with Crippen molar-refractivity contribution in [2.45, 2.75) is 19.6 Å². The topological polar surface area (TPSA) is 97.0 Å². The van der Waals surface area contributed by atoms with Crippen LogP contribution < -0.4 is 10.5 Å². The molecule has 132 valence electrons. The molecule has 2 heterocycles. The van der Waals surface area contributed by atoms with Crippen LogP contribution >= 0.6 is 0 Å². The largest absolute Gasteiger partial charge is 0.457 e. The van der Waals surface area contributed by atoms with Crippen LogP contribution in [0.2, 0.25) is 0 Å². The summed E-state index contributed by atoms with van der Waals surface area (Å²) in [5.41, 5.74) is 10.2. The second kappa shape index (κ2) is 6.53. The summed E-state index contributed by atoms with van der Waals surface area (Å²) in [5, 5.41) is 18.5. The molecular formula is C21H16N4O2. The Morgan fingerprint density at radius 3 is 2.59 bits per heavy atom. The van der Waals surface area contributed by atoms with Crippen LogP contribution in [0.1, 0.15) is 35.5 Å². The molecular weight excluding hydrogens is 340 g/mol. The molecule has 1 atom stereocenters. The van der Waals surface area contributed by atoms with Gasteiger partial charge in [0.25, 0.3) is 0 Å². The van der Waals surface area contributed by atoms with Crippen molar-refractivity contribution in [3.63, 3.8) is 0 Å². The predicted octanol–water partition coefficient (Wildman–Crippen LogP) is 4.19. The predicted molar refractivity (Wildman–Crippen MR) is 99.3 cm³/mol. The standard InChI is InChI=1S/C21H16N4O2/c1-13-20-19(12-26-13)25(18(11-23)21(20)24)15-5-7-16(8-6-15)27-17-4-2-3-14(9-17)10-22/h2-9,13H,12,24H2,1H3. The first-order chi connectivity index (χ1) is 13.1. The number of ether oxygens (including phenoxy) is 2. The van der Waals surface area contributed by atoms with Crippen molar-refractivity contribution in [1.29, 1.82) is 10.5 Å². The molecule has 1 aliphatic heterocycles. The van der Waals surface area contributed by atoms with Gasteiger partial charge in [-0.15, -0.1) is 0 Å². The summed E-state index contributed by atoms with van der Waals surface area (Å²) in [5.74, 6) is 1.22. The van der Waals surface area contributed by atoms with E-state index in [9.17, 15) is 5.26 Å². The highest BCUT2D eigenvalue weighted by molar-refractivity contribution is 5.65. The molecule has 1 aliphatic rings. The van der Waals surface area contributed by atoms with Gasteiger partial charge in [-0.05, 0) is 49.4 Å². The maximum absolute atomic E-state index is 9.56. The Morgan fingerprint density at radius 2 is 1.89 bits per heavy atom. The third-order valence-electron chi connectivity index (χ3n) is 4.63. The first-order valence-corrected chi connectivity index (χ1v) is 8.45. The number of nitrogens with two attached hydrogens (primary N) is 1. The molecule has 0 amide bonds. The fourth-order valence-electron chi connectivity index (χ4n) is 3.37. The summed E-state index contributed by atoms with van der Waals surface area (Å²) in [4.78, 5) is 0. The SMILES string of the molecule is CC1OCc2c1c(N)c(C#N)n2-c1ccc(Oc2cccc(C#N)c2)cc1. The number of hydrogen-bond acceptors (Lipinski definition) is 5. The summed E-state index contributed by atoms with van der Waals surface area (Å²) in [6.07, 6.45) is -0.122. The summed E-state index contributed by atoms with van der Waals surface area (Å²) in [6.45, 7) is 2.35. The Bertz CT molecular complexity index is 1100. The van der Waals surface area contributed by atoms with Crippen LogP contribution in [0.3, 0.4) is 0 Å². The zero-order chi connectivity index (χ0) is 19.0. The highest BCUT2D eigenvalue weighted by atomic mass is 16.5. The van der Waals surface area contributed by atoms with Gasteiger partial charge in [0.15, 0.2) is 0 Å². The fraction of sp³-hybridized carbons (Fsp3) is 0.143. The maximum atomic E-state index is 9.56. The number of benzene rings is 2. The lowest BCUT2D eigenvalue weighted by Crippen LogP contribution is -2.03. The molecule has 2 aromatic carbocycles. The highest BCUT2D eigenvalue weighted by Gasteiger charge is 2.30. The second-order valence-corrected chi connectivity index (χ2v) is 6.26. The van der Waals surface area contributed by atoms with Crippen molar-refractivity contribution in [2.75, 3.05) is 5.73 Å². The number of hydrogen-bond donors (Lipinski definition) is 1. The number of anilines is 1. The van der Waals surface area contributed by atoms with E-state index in [0.29, 0.717) is 35.1 Å². The van der Waals surface area contributed by atoms with E-state index in [-0.39, 0.29) is 6.10 Å². The molecule has 0 spiro atoms.